The first-order valence-corrected chi connectivity index (χ1v) is 5.91. The van der Waals surface area contributed by atoms with Crippen molar-refractivity contribution >= 4 is 11.7 Å². The van der Waals surface area contributed by atoms with E-state index in [1.807, 2.05) is 13.8 Å². The zero-order valence-corrected chi connectivity index (χ0v) is 10.9. The van der Waals surface area contributed by atoms with E-state index in [0.29, 0.717) is 11.5 Å². The Morgan fingerprint density at radius 3 is 2.59 bits per heavy atom. The van der Waals surface area contributed by atoms with E-state index in [0.717, 1.165) is 13.0 Å². The minimum Gasteiger partial charge on any atom is -0.369 e. The van der Waals surface area contributed by atoms with Crippen LogP contribution in [0.3, 0.4) is 0 Å². The Morgan fingerprint density at radius 1 is 1.41 bits per heavy atom. The Labute approximate surface area is 102 Å². The highest BCUT2D eigenvalue weighted by Gasteiger charge is 2.15. The second-order valence-corrected chi connectivity index (χ2v) is 4.24. The average molecular weight is 236 g/mol. The van der Waals surface area contributed by atoms with Gasteiger partial charge >= 0.3 is 0 Å². The molecule has 0 bridgehead atoms. The fraction of sp³-hybridized carbons (Fsp3) is 0.583. The number of amides is 1. The van der Waals surface area contributed by atoms with Gasteiger partial charge in [-0.25, -0.2) is 0 Å². The predicted octanol–water partition coefficient (Wildman–Crippen LogP) is 1.78. The normalized spacial score (nSPS) is 10.4. The maximum absolute atomic E-state index is 11.9. The van der Waals surface area contributed by atoms with E-state index in [4.69, 9.17) is 0 Å². The van der Waals surface area contributed by atoms with Crippen molar-refractivity contribution in [3.63, 3.8) is 0 Å². The van der Waals surface area contributed by atoms with Gasteiger partial charge in [0.2, 0.25) is 0 Å². The van der Waals surface area contributed by atoms with Crippen LogP contribution in [0.15, 0.2) is 12.1 Å². The number of carbonyl (C=O) groups is 1. The molecule has 0 saturated heterocycles. The van der Waals surface area contributed by atoms with Gasteiger partial charge in [-0.1, -0.05) is 6.92 Å². The monoisotopic (exact) mass is 236 g/mol. The molecule has 0 fully saturated rings. The number of anilines is 1. The van der Waals surface area contributed by atoms with Crippen LogP contribution in [0.1, 0.15) is 37.7 Å². The molecular formula is C12H20N4O. The molecule has 0 aliphatic carbocycles. The van der Waals surface area contributed by atoms with Gasteiger partial charge in [0.15, 0.2) is 5.69 Å². The highest BCUT2D eigenvalue weighted by Crippen LogP contribution is 2.06. The predicted molar refractivity (Wildman–Crippen MR) is 68.0 cm³/mol. The van der Waals surface area contributed by atoms with Gasteiger partial charge < -0.3 is 10.2 Å². The number of hydrogen-bond donors (Lipinski definition) is 1. The smallest absolute Gasteiger partial charge is 0.274 e. The van der Waals surface area contributed by atoms with Gasteiger partial charge in [-0.3, -0.25) is 4.79 Å². The molecule has 0 radical (unpaired) electrons. The third-order valence-corrected chi connectivity index (χ3v) is 2.53. The van der Waals surface area contributed by atoms with Gasteiger partial charge in [0, 0.05) is 19.6 Å². The molecule has 0 aromatic carbocycles. The summed E-state index contributed by atoms with van der Waals surface area (Å²) in [6.07, 6.45) is 1.03. The Kier molecular flexibility index (Phi) is 4.87. The van der Waals surface area contributed by atoms with Crippen LogP contribution in [-0.4, -0.2) is 40.6 Å². The quantitative estimate of drug-likeness (QED) is 0.846. The molecule has 17 heavy (non-hydrogen) atoms. The van der Waals surface area contributed by atoms with Crippen LogP contribution >= 0.6 is 0 Å². The molecule has 1 N–H and O–H groups in total. The maximum Gasteiger partial charge on any atom is 0.274 e. The second-order valence-electron chi connectivity index (χ2n) is 4.24. The summed E-state index contributed by atoms with van der Waals surface area (Å²) < 4.78 is 0. The number of nitrogens with zero attached hydrogens (tertiary/aromatic N) is 3. The Balaban J connectivity index is 2.70. The van der Waals surface area contributed by atoms with E-state index in [1.165, 1.54) is 0 Å². The number of nitrogens with one attached hydrogen (secondary N) is 1. The summed E-state index contributed by atoms with van der Waals surface area (Å²) in [6, 6.07) is 3.64. The van der Waals surface area contributed by atoms with E-state index in [2.05, 4.69) is 22.4 Å². The summed E-state index contributed by atoms with van der Waals surface area (Å²) in [5, 5.41) is 11.0. The topological polar surface area (TPSA) is 58.1 Å². The van der Waals surface area contributed by atoms with Crippen molar-refractivity contribution in [2.75, 3.05) is 18.9 Å². The van der Waals surface area contributed by atoms with Crippen LogP contribution in [0.4, 0.5) is 5.82 Å². The molecule has 1 heterocycles. The number of hydrogen-bond acceptors (Lipinski definition) is 4. The van der Waals surface area contributed by atoms with Crippen molar-refractivity contribution in [1.82, 2.24) is 15.1 Å². The first kappa shape index (κ1) is 13.4. The fourth-order valence-corrected chi connectivity index (χ4v) is 1.21. The lowest BCUT2D eigenvalue weighted by Crippen LogP contribution is -2.33. The molecular weight excluding hydrogens is 216 g/mol. The second kappa shape index (κ2) is 6.18. The van der Waals surface area contributed by atoms with Crippen LogP contribution in [0.2, 0.25) is 0 Å². The van der Waals surface area contributed by atoms with E-state index < -0.39 is 0 Å². The van der Waals surface area contributed by atoms with Crippen molar-refractivity contribution in [3.05, 3.63) is 17.8 Å². The lowest BCUT2D eigenvalue weighted by molar-refractivity contribution is 0.0748. The van der Waals surface area contributed by atoms with Gasteiger partial charge in [0.1, 0.15) is 5.82 Å². The summed E-state index contributed by atoms with van der Waals surface area (Å²) in [4.78, 5) is 13.6. The van der Waals surface area contributed by atoms with Gasteiger partial charge in [0.25, 0.3) is 5.91 Å². The molecule has 1 aromatic heterocycles. The van der Waals surface area contributed by atoms with Crippen molar-refractivity contribution in [2.24, 2.45) is 0 Å². The van der Waals surface area contributed by atoms with Crippen LogP contribution < -0.4 is 5.32 Å². The molecule has 0 unspecified atom stereocenters. The SMILES string of the molecule is CCCNc1ccc(C(=O)N(C)C(C)C)nn1. The molecule has 1 amide bonds. The molecule has 0 atom stereocenters. The summed E-state index contributed by atoms with van der Waals surface area (Å²) in [5.74, 6) is 0.602. The van der Waals surface area contributed by atoms with E-state index in [1.54, 1.807) is 24.1 Å². The van der Waals surface area contributed by atoms with Gasteiger partial charge in [-0.2, -0.15) is 0 Å². The van der Waals surface area contributed by atoms with Crippen molar-refractivity contribution in [3.8, 4) is 0 Å². The van der Waals surface area contributed by atoms with E-state index in [-0.39, 0.29) is 11.9 Å². The van der Waals surface area contributed by atoms with Crippen LogP contribution in [0.25, 0.3) is 0 Å². The molecule has 0 aliphatic heterocycles. The Bertz CT molecular complexity index is 361. The zero-order chi connectivity index (χ0) is 12.8. The van der Waals surface area contributed by atoms with Crippen LogP contribution in [0.5, 0.6) is 0 Å². The summed E-state index contributed by atoms with van der Waals surface area (Å²) >= 11 is 0. The zero-order valence-electron chi connectivity index (χ0n) is 10.9. The minimum absolute atomic E-state index is 0.102. The van der Waals surface area contributed by atoms with E-state index >= 15 is 0 Å². The minimum atomic E-state index is -0.102. The highest BCUT2D eigenvalue weighted by atomic mass is 16.2. The van der Waals surface area contributed by atoms with Crippen molar-refractivity contribution in [2.45, 2.75) is 33.2 Å². The summed E-state index contributed by atoms with van der Waals surface area (Å²) in [5.41, 5.74) is 0.378. The first-order chi connectivity index (χ1) is 8.06. The molecule has 5 nitrogen and oxygen atoms in total. The maximum atomic E-state index is 11.9. The van der Waals surface area contributed by atoms with Crippen molar-refractivity contribution < 1.29 is 4.79 Å². The first-order valence-electron chi connectivity index (χ1n) is 5.91. The third-order valence-electron chi connectivity index (χ3n) is 2.53. The standard InChI is InChI=1S/C12H20N4O/c1-5-8-13-11-7-6-10(14-15-11)12(17)16(4)9(2)3/h6-7,9H,5,8H2,1-4H3,(H,13,15). The molecule has 1 rings (SSSR count). The summed E-state index contributed by atoms with van der Waals surface area (Å²) in [6.45, 7) is 6.86. The largest absolute Gasteiger partial charge is 0.369 e. The molecule has 5 heteroatoms. The van der Waals surface area contributed by atoms with Gasteiger partial charge in [-0.05, 0) is 32.4 Å². The fourth-order valence-electron chi connectivity index (χ4n) is 1.21. The highest BCUT2D eigenvalue weighted by molar-refractivity contribution is 5.92. The lowest BCUT2D eigenvalue weighted by atomic mass is 10.3. The number of aromatic nitrogens is 2. The molecule has 1 aromatic rings. The Hall–Kier alpha value is -1.65. The van der Waals surface area contributed by atoms with Crippen LogP contribution in [0, 0.1) is 0 Å². The third kappa shape index (κ3) is 3.69. The lowest BCUT2D eigenvalue weighted by Gasteiger charge is -2.20. The van der Waals surface area contributed by atoms with E-state index in [9.17, 15) is 4.79 Å². The number of carbonyl (C=O) groups excluding carboxylic acids is 1. The average Bonchev–Trinajstić information content (AvgIpc) is 2.35. The van der Waals surface area contributed by atoms with Crippen LogP contribution in [-0.2, 0) is 0 Å². The Morgan fingerprint density at radius 2 is 2.12 bits per heavy atom. The summed E-state index contributed by atoms with van der Waals surface area (Å²) in [7, 11) is 1.76. The molecule has 0 saturated carbocycles. The molecule has 0 aliphatic rings. The molecule has 0 spiro atoms. The van der Waals surface area contributed by atoms with Gasteiger partial charge in [-0.15, -0.1) is 10.2 Å². The number of rotatable bonds is 5. The molecule has 94 valence electrons. The van der Waals surface area contributed by atoms with Crippen molar-refractivity contribution in [1.29, 1.82) is 0 Å². The van der Waals surface area contributed by atoms with Gasteiger partial charge in [0.05, 0.1) is 0 Å².